The zero-order valence-corrected chi connectivity index (χ0v) is 15.6. The summed E-state index contributed by atoms with van der Waals surface area (Å²) in [6.45, 7) is 2.55. The zero-order valence-electron chi connectivity index (χ0n) is 14.8. The number of hydrogen-bond acceptors (Lipinski definition) is 4. The fraction of sp³-hybridized carbons (Fsp3) is 0.750. The Morgan fingerprint density at radius 3 is 2.79 bits per heavy atom. The highest BCUT2D eigenvalue weighted by Crippen LogP contribution is 2.28. The molecule has 0 bridgehead atoms. The van der Waals surface area contributed by atoms with E-state index < -0.39 is 9.84 Å². The van der Waals surface area contributed by atoms with Gasteiger partial charge in [-0.25, -0.2) is 8.42 Å². The number of guanidine groups is 1. The molecule has 1 aliphatic carbocycles. The van der Waals surface area contributed by atoms with E-state index in [0.29, 0.717) is 25.0 Å². The summed E-state index contributed by atoms with van der Waals surface area (Å²) in [6, 6.07) is 2.61. The van der Waals surface area contributed by atoms with Crippen molar-refractivity contribution < 1.29 is 8.42 Å². The van der Waals surface area contributed by atoms with Crippen molar-refractivity contribution in [2.75, 3.05) is 19.1 Å². The first kappa shape index (κ1) is 18.8. The second-order valence-electron chi connectivity index (χ2n) is 6.62. The largest absolute Gasteiger partial charge is 0.354 e. The maximum atomic E-state index is 11.2. The molecule has 2 rings (SSSR count). The highest BCUT2D eigenvalue weighted by atomic mass is 32.2. The quantitative estimate of drug-likeness (QED) is 0.571. The van der Waals surface area contributed by atoms with Crippen LogP contribution in [0.1, 0.15) is 50.8 Å². The molecule has 1 saturated carbocycles. The summed E-state index contributed by atoms with van der Waals surface area (Å²) >= 11 is 0. The van der Waals surface area contributed by atoms with E-state index in [1.54, 1.807) is 7.05 Å². The van der Waals surface area contributed by atoms with Crippen molar-refractivity contribution >= 4 is 15.8 Å². The van der Waals surface area contributed by atoms with Crippen LogP contribution in [0.5, 0.6) is 0 Å². The fourth-order valence-corrected chi connectivity index (χ4v) is 3.69. The van der Waals surface area contributed by atoms with E-state index in [-0.39, 0.29) is 11.8 Å². The number of nitrogens with zero attached hydrogens (tertiary/aromatic N) is 3. The van der Waals surface area contributed by atoms with Gasteiger partial charge in [-0.3, -0.25) is 9.67 Å². The minimum atomic E-state index is -2.94. The van der Waals surface area contributed by atoms with Gasteiger partial charge >= 0.3 is 0 Å². The van der Waals surface area contributed by atoms with E-state index in [1.807, 2.05) is 13.0 Å². The van der Waals surface area contributed by atoms with Gasteiger partial charge in [0.05, 0.1) is 24.0 Å². The molecular formula is C16H29N5O2S. The van der Waals surface area contributed by atoms with Crippen LogP contribution in [0.25, 0.3) is 0 Å². The van der Waals surface area contributed by atoms with Crippen molar-refractivity contribution in [3.05, 3.63) is 18.0 Å². The van der Waals surface area contributed by atoms with Crippen LogP contribution < -0.4 is 10.6 Å². The number of sulfone groups is 1. The van der Waals surface area contributed by atoms with E-state index in [2.05, 4.69) is 31.6 Å². The number of rotatable bonds is 7. The van der Waals surface area contributed by atoms with Gasteiger partial charge in [0.2, 0.25) is 0 Å². The number of aliphatic imine (C=N–C) groups is 1. The Morgan fingerprint density at radius 2 is 2.17 bits per heavy atom. The van der Waals surface area contributed by atoms with E-state index in [4.69, 9.17) is 0 Å². The van der Waals surface area contributed by atoms with Crippen LogP contribution in [0.3, 0.4) is 0 Å². The Bertz CT molecular complexity index is 647. The molecule has 0 saturated heterocycles. The van der Waals surface area contributed by atoms with E-state index >= 15 is 0 Å². The van der Waals surface area contributed by atoms with E-state index in [0.717, 1.165) is 5.69 Å². The van der Waals surface area contributed by atoms with E-state index in [1.165, 1.54) is 31.9 Å². The molecule has 1 fully saturated rings. The maximum Gasteiger partial charge on any atom is 0.191 e. The Labute approximate surface area is 144 Å². The Hall–Kier alpha value is -1.57. The summed E-state index contributed by atoms with van der Waals surface area (Å²) in [5, 5.41) is 11.1. The normalized spacial score (nSPS) is 17.9. The lowest BCUT2D eigenvalue weighted by Gasteiger charge is -2.17. The molecule has 0 aliphatic heterocycles. The number of aromatic nitrogens is 2. The van der Waals surface area contributed by atoms with Gasteiger partial charge in [0.25, 0.3) is 0 Å². The smallest absolute Gasteiger partial charge is 0.191 e. The molecule has 1 atom stereocenters. The standard InChI is InChI=1S/C16H29N5O2S/c1-13(9-11-24(3,22)23)19-16(17-2)18-12-14-8-10-21(20-14)15-6-4-5-7-15/h8,10,13,15H,4-7,9,11-12H2,1-3H3,(H2,17,18,19). The van der Waals surface area contributed by atoms with Gasteiger partial charge in [-0.05, 0) is 32.3 Å². The lowest BCUT2D eigenvalue weighted by atomic mass is 10.3. The molecule has 1 unspecified atom stereocenters. The van der Waals surface area contributed by atoms with Crippen molar-refractivity contribution in [3.63, 3.8) is 0 Å². The highest BCUT2D eigenvalue weighted by Gasteiger charge is 2.17. The molecule has 1 aromatic heterocycles. The molecule has 24 heavy (non-hydrogen) atoms. The molecule has 0 spiro atoms. The molecule has 1 heterocycles. The molecule has 8 heteroatoms. The second kappa shape index (κ2) is 8.50. The molecule has 0 radical (unpaired) electrons. The van der Waals surface area contributed by atoms with E-state index in [9.17, 15) is 8.42 Å². The Balaban J connectivity index is 1.78. The van der Waals surface area contributed by atoms with Crippen LogP contribution in [0.4, 0.5) is 0 Å². The molecule has 0 amide bonds. The lowest BCUT2D eigenvalue weighted by Crippen LogP contribution is -2.42. The van der Waals surface area contributed by atoms with Crippen LogP contribution >= 0.6 is 0 Å². The van der Waals surface area contributed by atoms with Crippen LogP contribution in [0, 0.1) is 0 Å². The van der Waals surface area contributed by atoms with Crippen molar-refractivity contribution in [2.45, 2.75) is 57.7 Å². The molecule has 0 aromatic carbocycles. The summed E-state index contributed by atoms with van der Waals surface area (Å²) in [5.74, 6) is 0.829. The van der Waals surface area contributed by atoms with Gasteiger partial charge in [-0.2, -0.15) is 5.10 Å². The van der Waals surface area contributed by atoms with Gasteiger partial charge in [0.1, 0.15) is 9.84 Å². The van der Waals surface area contributed by atoms with Gasteiger partial charge in [0.15, 0.2) is 5.96 Å². The van der Waals surface area contributed by atoms with Gasteiger partial charge in [-0.1, -0.05) is 12.8 Å². The third-order valence-corrected chi connectivity index (χ3v) is 5.31. The predicted molar refractivity (Wildman–Crippen MR) is 96.9 cm³/mol. The van der Waals surface area contributed by atoms with Crippen molar-refractivity contribution in [1.82, 2.24) is 20.4 Å². The molecule has 2 N–H and O–H groups in total. The second-order valence-corrected chi connectivity index (χ2v) is 8.87. The molecular weight excluding hydrogens is 326 g/mol. The SMILES string of the molecule is CN=C(NCc1ccn(C2CCCC2)n1)NC(C)CCS(C)(=O)=O. The predicted octanol–water partition coefficient (Wildman–Crippen LogP) is 1.49. The minimum absolute atomic E-state index is 0.0296. The van der Waals surface area contributed by atoms with Gasteiger partial charge in [-0.15, -0.1) is 0 Å². The molecule has 7 nitrogen and oxygen atoms in total. The average molecular weight is 356 g/mol. The summed E-state index contributed by atoms with van der Waals surface area (Å²) in [6.07, 6.45) is 8.88. The third kappa shape index (κ3) is 6.14. The van der Waals surface area contributed by atoms with Gasteiger partial charge in [0, 0.05) is 25.5 Å². The first-order valence-corrected chi connectivity index (χ1v) is 10.6. The summed E-state index contributed by atoms with van der Waals surface area (Å²) in [4.78, 5) is 4.18. The summed E-state index contributed by atoms with van der Waals surface area (Å²) < 4.78 is 24.5. The highest BCUT2D eigenvalue weighted by molar-refractivity contribution is 7.90. The number of hydrogen-bond donors (Lipinski definition) is 2. The number of nitrogens with one attached hydrogen (secondary N) is 2. The Kier molecular flexibility index (Phi) is 6.65. The summed E-state index contributed by atoms with van der Waals surface area (Å²) in [5.41, 5.74) is 0.980. The molecule has 1 aliphatic rings. The van der Waals surface area contributed by atoms with Crippen LogP contribution in [-0.4, -0.2) is 49.3 Å². The minimum Gasteiger partial charge on any atom is -0.354 e. The monoisotopic (exact) mass is 355 g/mol. The van der Waals surface area contributed by atoms with Crippen molar-refractivity contribution in [2.24, 2.45) is 4.99 Å². The van der Waals surface area contributed by atoms with Crippen LogP contribution in [0.2, 0.25) is 0 Å². The van der Waals surface area contributed by atoms with Crippen LogP contribution in [0.15, 0.2) is 17.3 Å². The summed E-state index contributed by atoms with van der Waals surface area (Å²) in [7, 11) is -1.23. The van der Waals surface area contributed by atoms with Crippen molar-refractivity contribution in [1.29, 1.82) is 0 Å². The lowest BCUT2D eigenvalue weighted by molar-refractivity contribution is 0.462. The van der Waals surface area contributed by atoms with Crippen LogP contribution in [-0.2, 0) is 16.4 Å². The maximum absolute atomic E-state index is 11.2. The molecule has 136 valence electrons. The third-order valence-electron chi connectivity index (χ3n) is 4.33. The first-order chi connectivity index (χ1) is 11.4. The fourth-order valence-electron chi connectivity index (χ4n) is 2.91. The van der Waals surface area contributed by atoms with Crippen molar-refractivity contribution in [3.8, 4) is 0 Å². The molecule has 1 aromatic rings. The topological polar surface area (TPSA) is 88.4 Å². The Morgan fingerprint density at radius 1 is 1.46 bits per heavy atom. The zero-order chi connectivity index (χ0) is 17.6. The first-order valence-electron chi connectivity index (χ1n) is 8.56. The van der Waals surface area contributed by atoms with Gasteiger partial charge < -0.3 is 10.6 Å². The average Bonchev–Trinajstić information content (AvgIpc) is 3.19.